The molecule has 1 N–H and O–H groups in total. The van der Waals surface area contributed by atoms with Gasteiger partial charge in [0.15, 0.2) is 4.77 Å². The van der Waals surface area contributed by atoms with E-state index in [9.17, 15) is 0 Å². The number of H-pyrrole nitrogens is 1. The molecule has 0 amide bonds. The zero-order valence-electron chi connectivity index (χ0n) is 10.4. The third-order valence-corrected chi connectivity index (χ3v) is 4.32. The maximum absolute atomic E-state index is 5.48. The Labute approximate surface area is 130 Å². The van der Waals surface area contributed by atoms with Crippen molar-refractivity contribution in [2.75, 3.05) is 0 Å². The SMILES string of the molecule is CC(c1ccccc1)n1c(=S)[nH]c2cc(I)ccc21. The minimum absolute atomic E-state index is 0.225. The van der Waals surface area contributed by atoms with E-state index in [2.05, 4.69) is 81.5 Å². The standard InChI is InChI=1S/C15H13IN2S/c1-10(11-5-3-2-4-6-11)18-14-8-7-12(16)9-13(14)17-15(18)19/h2-10H,1H3,(H,17,19). The number of fused-ring (bicyclic) bond motifs is 1. The first-order valence-corrected chi connectivity index (χ1v) is 7.60. The van der Waals surface area contributed by atoms with E-state index in [1.54, 1.807) is 0 Å². The summed E-state index contributed by atoms with van der Waals surface area (Å²) in [6.07, 6.45) is 0. The van der Waals surface area contributed by atoms with Gasteiger partial charge in [-0.1, -0.05) is 30.3 Å². The molecule has 0 aliphatic rings. The first-order chi connectivity index (χ1) is 9.16. The second-order valence-electron chi connectivity index (χ2n) is 4.55. The molecule has 0 spiro atoms. The highest BCUT2D eigenvalue weighted by molar-refractivity contribution is 14.1. The molecule has 1 aromatic heterocycles. The molecule has 3 rings (SSSR count). The van der Waals surface area contributed by atoms with Crippen LogP contribution < -0.4 is 0 Å². The molecule has 0 fully saturated rings. The lowest BCUT2D eigenvalue weighted by Gasteiger charge is -2.15. The normalized spacial score (nSPS) is 12.7. The van der Waals surface area contributed by atoms with Crippen LogP contribution in [-0.4, -0.2) is 9.55 Å². The van der Waals surface area contributed by atoms with E-state index in [1.807, 2.05) is 6.07 Å². The van der Waals surface area contributed by atoms with Crippen molar-refractivity contribution in [3.63, 3.8) is 0 Å². The lowest BCUT2D eigenvalue weighted by atomic mass is 10.1. The summed E-state index contributed by atoms with van der Waals surface area (Å²) in [5.74, 6) is 0. The molecule has 0 saturated heterocycles. The molecule has 0 aliphatic heterocycles. The zero-order chi connectivity index (χ0) is 13.4. The molecule has 19 heavy (non-hydrogen) atoms. The molecule has 0 saturated carbocycles. The fourth-order valence-electron chi connectivity index (χ4n) is 2.37. The fourth-order valence-corrected chi connectivity index (χ4v) is 3.23. The summed E-state index contributed by atoms with van der Waals surface area (Å²) < 4.78 is 4.16. The number of halogens is 1. The fraction of sp³-hybridized carbons (Fsp3) is 0.133. The van der Waals surface area contributed by atoms with Crippen LogP contribution in [-0.2, 0) is 0 Å². The van der Waals surface area contributed by atoms with Crippen molar-refractivity contribution in [2.24, 2.45) is 0 Å². The number of nitrogens with one attached hydrogen (secondary N) is 1. The molecule has 1 atom stereocenters. The molecule has 0 radical (unpaired) electrons. The van der Waals surface area contributed by atoms with Gasteiger partial charge >= 0.3 is 0 Å². The van der Waals surface area contributed by atoms with Crippen molar-refractivity contribution in [3.05, 3.63) is 62.4 Å². The topological polar surface area (TPSA) is 20.7 Å². The predicted molar refractivity (Wildman–Crippen MR) is 90.1 cm³/mol. The van der Waals surface area contributed by atoms with E-state index in [-0.39, 0.29) is 6.04 Å². The predicted octanol–water partition coefficient (Wildman–Crippen LogP) is 4.91. The van der Waals surface area contributed by atoms with Crippen LogP contribution in [0.5, 0.6) is 0 Å². The Kier molecular flexibility index (Phi) is 3.45. The molecule has 1 unspecified atom stereocenters. The van der Waals surface area contributed by atoms with Crippen molar-refractivity contribution >= 4 is 45.8 Å². The highest BCUT2D eigenvalue weighted by atomic mass is 127. The Morgan fingerprint density at radius 2 is 1.89 bits per heavy atom. The summed E-state index contributed by atoms with van der Waals surface area (Å²) in [6, 6.07) is 17.0. The van der Waals surface area contributed by atoms with Gasteiger partial charge in [-0.25, -0.2) is 0 Å². The number of nitrogens with zero attached hydrogens (tertiary/aromatic N) is 1. The van der Waals surface area contributed by atoms with Crippen molar-refractivity contribution in [3.8, 4) is 0 Å². The molecule has 0 aliphatic carbocycles. The van der Waals surface area contributed by atoms with Gasteiger partial charge in [0.1, 0.15) is 0 Å². The van der Waals surface area contributed by atoms with Crippen molar-refractivity contribution < 1.29 is 0 Å². The van der Waals surface area contributed by atoms with Gasteiger partial charge in [-0.3, -0.25) is 0 Å². The Morgan fingerprint density at radius 1 is 1.16 bits per heavy atom. The lowest BCUT2D eigenvalue weighted by Crippen LogP contribution is -2.06. The number of hydrogen-bond acceptors (Lipinski definition) is 1. The summed E-state index contributed by atoms with van der Waals surface area (Å²) in [7, 11) is 0. The average Bonchev–Trinajstić information content (AvgIpc) is 2.74. The molecular weight excluding hydrogens is 367 g/mol. The molecule has 2 aromatic carbocycles. The smallest absolute Gasteiger partial charge is 0.178 e. The summed E-state index contributed by atoms with van der Waals surface area (Å²) >= 11 is 7.79. The third kappa shape index (κ3) is 2.34. The van der Waals surface area contributed by atoms with Gasteiger partial charge in [-0.2, -0.15) is 0 Å². The maximum Gasteiger partial charge on any atom is 0.178 e. The number of aromatic nitrogens is 2. The van der Waals surface area contributed by atoms with E-state index in [4.69, 9.17) is 12.2 Å². The van der Waals surface area contributed by atoms with Crippen molar-refractivity contribution in [1.29, 1.82) is 0 Å². The molecular formula is C15H13IN2S. The summed E-state index contributed by atoms with van der Waals surface area (Å²) in [4.78, 5) is 3.29. The van der Waals surface area contributed by atoms with E-state index in [0.717, 1.165) is 15.8 Å². The van der Waals surface area contributed by atoms with E-state index >= 15 is 0 Å². The van der Waals surface area contributed by atoms with Gasteiger partial charge < -0.3 is 9.55 Å². The number of hydrogen-bond donors (Lipinski definition) is 1. The summed E-state index contributed by atoms with van der Waals surface area (Å²) in [6.45, 7) is 2.18. The highest BCUT2D eigenvalue weighted by Gasteiger charge is 2.12. The van der Waals surface area contributed by atoms with Gasteiger partial charge in [0.2, 0.25) is 0 Å². The Hall–Kier alpha value is -1.14. The second-order valence-corrected chi connectivity index (χ2v) is 6.18. The van der Waals surface area contributed by atoms with Crippen LogP contribution in [0, 0.1) is 8.34 Å². The van der Waals surface area contributed by atoms with Crippen LogP contribution in [0.4, 0.5) is 0 Å². The van der Waals surface area contributed by atoms with Gasteiger partial charge in [0.05, 0.1) is 17.1 Å². The molecule has 96 valence electrons. The number of benzene rings is 2. The first-order valence-electron chi connectivity index (χ1n) is 6.11. The number of rotatable bonds is 2. The van der Waals surface area contributed by atoms with Crippen LogP contribution in [0.25, 0.3) is 11.0 Å². The Balaban J connectivity index is 2.20. The lowest BCUT2D eigenvalue weighted by molar-refractivity contribution is 0.649. The molecule has 2 nitrogen and oxygen atoms in total. The molecule has 0 bridgehead atoms. The van der Waals surface area contributed by atoms with Gasteiger partial charge in [0.25, 0.3) is 0 Å². The highest BCUT2D eigenvalue weighted by Crippen LogP contribution is 2.25. The van der Waals surface area contributed by atoms with Crippen LogP contribution in [0.2, 0.25) is 0 Å². The molecule has 4 heteroatoms. The van der Waals surface area contributed by atoms with Gasteiger partial charge in [0, 0.05) is 3.57 Å². The summed E-state index contributed by atoms with van der Waals surface area (Å²) in [5.41, 5.74) is 3.51. The van der Waals surface area contributed by atoms with Crippen molar-refractivity contribution in [1.82, 2.24) is 9.55 Å². The van der Waals surface area contributed by atoms with Crippen LogP contribution in [0.1, 0.15) is 18.5 Å². The number of aromatic amines is 1. The first kappa shape index (κ1) is 12.9. The zero-order valence-corrected chi connectivity index (χ0v) is 13.4. The minimum atomic E-state index is 0.225. The maximum atomic E-state index is 5.48. The molecule has 3 aromatic rings. The average molecular weight is 380 g/mol. The summed E-state index contributed by atoms with van der Waals surface area (Å²) in [5, 5.41) is 0. The van der Waals surface area contributed by atoms with Crippen LogP contribution in [0.3, 0.4) is 0 Å². The largest absolute Gasteiger partial charge is 0.331 e. The molecule has 1 heterocycles. The Morgan fingerprint density at radius 3 is 2.63 bits per heavy atom. The Bertz CT molecular complexity index is 774. The van der Waals surface area contributed by atoms with Crippen LogP contribution in [0.15, 0.2) is 48.5 Å². The monoisotopic (exact) mass is 380 g/mol. The van der Waals surface area contributed by atoms with Crippen LogP contribution >= 0.6 is 34.8 Å². The third-order valence-electron chi connectivity index (χ3n) is 3.35. The number of imidazole rings is 1. The van der Waals surface area contributed by atoms with Crippen molar-refractivity contribution in [2.45, 2.75) is 13.0 Å². The van der Waals surface area contributed by atoms with E-state index in [1.165, 1.54) is 9.13 Å². The van der Waals surface area contributed by atoms with E-state index in [0.29, 0.717) is 0 Å². The quantitative estimate of drug-likeness (QED) is 0.495. The minimum Gasteiger partial charge on any atom is -0.331 e. The second kappa shape index (κ2) is 5.09. The van der Waals surface area contributed by atoms with Gasteiger partial charge in [-0.05, 0) is 65.5 Å². The van der Waals surface area contributed by atoms with Gasteiger partial charge in [-0.15, -0.1) is 0 Å². The van der Waals surface area contributed by atoms with E-state index < -0.39 is 0 Å².